The Morgan fingerprint density at radius 1 is 1.03 bits per heavy atom. The Hall–Kier alpha value is -2.65. The third kappa shape index (κ3) is 5.47. The maximum atomic E-state index is 13.3. The molecule has 3 heterocycles. The average Bonchev–Trinajstić information content (AvgIpc) is 3.16. The van der Waals surface area contributed by atoms with E-state index in [1.54, 1.807) is 4.90 Å². The minimum absolute atomic E-state index is 0.0698. The molecule has 2 aromatic rings. The molecular weight excluding hydrogens is 440 g/mol. The zero-order valence-electron chi connectivity index (χ0n) is 19.0. The molecule has 0 aliphatic carbocycles. The predicted octanol–water partition coefficient (Wildman–Crippen LogP) is 3.38. The molecule has 33 heavy (non-hydrogen) atoms. The van der Waals surface area contributed by atoms with Crippen LogP contribution in [0.25, 0.3) is 0 Å². The van der Waals surface area contributed by atoms with Gasteiger partial charge in [0.1, 0.15) is 10.6 Å². The predicted molar refractivity (Wildman–Crippen MR) is 126 cm³/mol. The number of piperidine rings is 1. The quantitative estimate of drug-likeness (QED) is 0.696. The molecule has 0 saturated carbocycles. The molecule has 1 aromatic carbocycles. The Labute approximate surface area is 195 Å². The van der Waals surface area contributed by atoms with Crippen molar-refractivity contribution in [1.82, 2.24) is 14.2 Å². The number of aryl methyl sites for hydroxylation is 1. The molecule has 0 unspecified atom stereocenters. The van der Waals surface area contributed by atoms with Crippen molar-refractivity contribution in [2.24, 2.45) is 5.92 Å². The lowest BCUT2D eigenvalue weighted by atomic mass is 9.98. The largest absolute Gasteiger partial charge is 0.356 e. The fourth-order valence-electron chi connectivity index (χ4n) is 4.58. The van der Waals surface area contributed by atoms with Crippen molar-refractivity contribution in [2.45, 2.75) is 50.3 Å². The van der Waals surface area contributed by atoms with Crippen LogP contribution < -0.4 is 5.32 Å². The normalized spacial score (nSPS) is 20.3. The number of amides is 2. The number of hydrogen-bond donors (Lipinski definition) is 2. The van der Waals surface area contributed by atoms with Crippen LogP contribution in [0.3, 0.4) is 0 Å². The molecule has 8 nitrogen and oxygen atoms in total. The van der Waals surface area contributed by atoms with Gasteiger partial charge in [-0.3, -0.25) is 9.59 Å². The Morgan fingerprint density at radius 2 is 1.79 bits per heavy atom. The number of likely N-dealkylation sites (tertiary alicyclic amines) is 1. The summed E-state index contributed by atoms with van der Waals surface area (Å²) in [5, 5.41) is 2.91. The number of rotatable bonds is 5. The van der Waals surface area contributed by atoms with Gasteiger partial charge in [-0.15, -0.1) is 0 Å². The summed E-state index contributed by atoms with van der Waals surface area (Å²) in [6.45, 7) is 3.83. The van der Waals surface area contributed by atoms with Gasteiger partial charge < -0.3 is 15.2 Å². The second kappa shape index (κ2) is 10.1. The van der Waals surface area contributed by atoms with E-state index in [1.165, 1.54) is 16.6 Å². The highest BCUT2D eigenvalue weighted by Crippen LogP contribution is 2.26. The standard InChI is InChI=1S/C24H32N4O4S/c1-18-8-6-10-20(14-18)26-23(29)19-9-7-13-28(17-19)33(31,32)21-15-22(25-16-21)24(30)27-11-4-2-3-5-12-27/h6,8,10,14-16,19,25H,2-5,7,9,11-13,17H2,1H3,(H,26,29)/t19-/m1/s1. The zero-order valence-corrected chi connectivity index (χ0v) is 19.9. The molecule has 0 bridgehead atoms. The van der Waals surface area contributed by atoms with Crippen LogP contribution in [0, 0.1) is 12.8 Å². The van der Waals surface area contributed by atoms with E-state index in [2.05, 4.69) is 10.3 Å². The Bertz CT molecular complexity index is 1100. The molecule has 2 fully saturated rings. The molecule has 0 radical (unpaired) electrons. The summed E-state index contributed by atoms with van der Waals surface area (Å²) < 4.78 is 27.9. The van der Waals surface area contributed by atoms with Gasteiger partial charge in [-0.05, 0) is 56.4 Å². The van der Waals surface area contributed by atoms with Gasteiger partial charge in [-0.2, -0.15) is 4.31 Å². The summed E-state index contributed by atoms with van der Waals surface area (Å²) in [4.78, 5) is 30.4. The van der Waals surface area contributed by atoms with Crippen molar-refractivity contribution in [1.29, 1.82) is 0 Å². The highest BCUT2D eigenvalue weighted by atomic mass is 32.2. The van der Waals surface area contributed by atoms with Crippen molar-refractivity contribution in [3.63, 3.8) is 0 Å². The molecule has 9 heteroatoms. The first-order chi connectivity index (χ1) is 15.8. The van der Waals surface area contributed by atoms with Crippen LogP contribution in [-0.2, 0) is 14.8 Å². The number of nitrogens with zero attached hydrogens (tertiary/aromatic N) is 2. The molecule has 0 spiro atoms. The number of nitrogens with one attached hydrogen (secondary N) is 2. The lowest BCUT2D eigenvalue weighted by molar-refractivity contribution is -0.120. The molecule has 178 valence electrons. The number of H-pyrrole nitrogens is 1. The van der Waals surface area contributed by atoms with Gasteiger partial charge in [-0.25, -0.2) is 8.42 Å². The molecular formula is C24H32N4O4S. The Balaban J connectivity index is 1.43. The first-order valence-corrected chi connectivity index (χ1v) is 13.1. The molecule has 1 aromatic heterocycles. The minimum atomic E-state index is -3.81. The summed E-state index contributed by atoms with van der Waals surface area (Å²) in [6, 6.07) is 8.97. The number of anilines is 1. The van der Waals surface area contributed by atoms with Crippen molar-refractivity contribution in [2.75, 3.05) is 31.5 Å². The van der Waals surface area contributed by atoms with Crippen LogP contribution in [0.4, 0.5) is 5.69 Å². The van der Waals surface area contributed by atoms with Gasteiger partial charge >= 0.3 is 0 Å². The number of sulfonamides is 1. The maximum Gasteiger partial charge on any atom is 0.270 e. The smallest absolute Gasteiger partial charge is 0.270 e. The van der Waals surface area contributed by atoms with Crippen LogP contribution >= 0.6 is 0 Å². The summed E-state index contributed by atoms with van der Waals surface area (Å²) in [7, 11) is -3.81. The maximum absolute atomic E-state index is 13.3. The minimum Gasteiger partial charge on any atom is -0.356 e. The topological polar surface area (TPSA) is 103 Å². The first-order valence-electron chi connectivity index (χ1n) is 11.7. The van der Waals surface area contributed by atoms with E-state index in [1.807, 2.05) is 31.2 Å². The fraction of sp³-hybridized carbons (Fsp3) is 0.500. The summed E-state index contributed by atoms with van der Waals surface area (Å²) >= 11 is 0. The molecule has 2 amide bonds. The van der Waals surface area contributed by atoms with Gasteiger partial charge in [0.15, 0.2) is 0 Å². The van der Waals surface area contributed by atoms with E-state index in [0.29, 0.717) is 43.9 Å². The SMILES string of the molecule is Cc1cccc(NC(=O)[C@@H]2CCCN(S(=O)(=O)c3c[nH]c(C(=O)N4CCCCCC4)c3)C2)c1. The van der Waals surface area contributed by atoms with Crippen LogP contribution in [0.1, 0.15) is 54.6 Å². The number of aromatic nitrogens is 1. The molecule has 1 atom stereocenters. The van der Waals surface area contributed by atoms with E-state index in [0.717, 1.165) is 31.2 Å². The number of aromatic amines is 1. The molecule has 2 N–H and O–H groups in total. The molecule has 2 saturated heterocycles. The monoisotopic (exact) mass is 472 g/mol. The summed E-state index contributed by atoms with van der Waals surface area (Å²) in [6.07, 6.45) is 6.79. The van der Waals surface area contributed by atoms with Crippen LogP contribution in [-0.4, -0.2) is 60.6 Å². The van der Waals surface area contributed by atoms with Gasteiger partial charge in [-0.1, -0.05) is 25.0 Å². The summed E-state index contributed by atoms with van der Waals surface area (Å²) in [5.41, 5.74) is 2.04. The highest BCUT2D eigenvalue weighted by Gasteiger charge is 2.34. The summed E-state index contributed by atoms with van der Waals surface area (Å²) in [5.74, 6) is -0.759. The van der Waals surface area contributed by atoms with Crippen molar-refractivity contribution in [3.8, 4) is 0 Å². The van der Waals surface area contributed by atoms with E-state index < -0.39 is 15.9 Å². The van der Waals surface area contributed by atoms with Crippen LogP contribution in [0.15, 0.2) is 41.4 Å². The Morgan fingerprint density at radius 3 is 2.52 bits per heavy atom. The van der Waals surface area contributed by atoms with E-state index in [-0.39, 0.29) is 23.3 Å². The molecule has 4 rings (SSSR count). The van der Waals surface area contributed by atoms with Crippen molar-refractivity contribution in [3.05, 3.63) is 47.8 Å². The highest BCUT2D eigenvalue weighted by molar-refractivity contribution is 7.89. The van der Waals surface area contributed by atoms with Gasteiger partial charge in [0.05, 0.1) is 5.92 Å². The van der Waals surface area contributed by atoms with Gasteiger partial charge in [0, 0.05) is 38.1 Å². The number of carbonyl (C=O) groups excluding carboxylic acids is 2. The van der Waals surface area contributed by atoms with Gasteiger partial charge in [0.2, 0.25) is 15.9 Å². The van der Waals surface area contributed by atoms with Crippen molar-refractivity contribution >= 4 is 27.5 Å². The van der Waals surface area contributed by atoms with Crippen LogP contribution in [0.2, 0.25) is 0 Å². The number of carbonyl (C=O) groups is 2. The first kappa shape index (κ1) is 23.5. The van der Waals surface area contributed by atoms with E-state index in [9.17, 15) is 18.0 Å². The van der Waals surface area contributed by atoms with E-state index >= 15 is 0 Å². The second-order valence-electron chi connectivity index (χ2n) is 9.02. The molecule has 2 aliphatic heterocycles. The van der Waals surface area contributed by atoms with E-state index in [4.69, 9.17) is 0 Å². The number of benzene rings is 1. The lowest BCUT2D eigenvalue weighted by Crippen LogP contribution is -2.43. The average molecular weight is 473 g/mol. The third-order valence-corrected chi connectivity index (χ3v) is 8.30. The van der Waals surface area contributed by atoms with Gasteiger partial charge in [0.25, 0.3) is 5.91 Å². The molecule has 2 aliphatic rings. The Kier molecular flexibility index (Phi) is 7.19. The fourth-order valence-corrected chi connectivity index (χ4v) is 6.10. The van der Waals surface area contributed by atoms with Crippen LogP contribution in [0.5, 0.6) is 0 Å². The number of hydrogen-bond acceptors (Lipinski definition) is 4. The zero-order chi connectivity index (χ0) is 23.4. The van der Waals surface area contributed by atoms with Crippen molar-refractivity contribution < 1.29 is 18.0 Å². The second-order valence-corrected chi connectivity index (χ2v) is 11.0. The lowest BCUT2D eigenvalue weighted by Gasteiger charge is -2.31. The third-order valence-electron chi connectivity index (χ3n) is 6.46.